The predicted octanol–water partition coefficient (Wildman–Crippen LogP) is 3.08. The highest BCUT2D eigenvalue weighted by Gasteiger charge is 2.15. The Morgan fingerprint density at radius 2 is 1.90 bits per heavy atom. The number of rotatable bonds is 10. The van der Waals surface area contributed by atoms with E-state index >= 15 is 0 Å². The second-order valence-electron chi connectivity index (χ2n) is 5.23. The van der Waals surface area contributed by atoms with Crippen molar-refractivity contribution in [1.29, 1.82) is 0 Å². The Labute approximate surface area is 123 Å². The maximum atomic E-state index is 10.3. The molecule has 0 aliphatic rings. The molecule has 2 atom stereocenters. The number of hydrogen-bond acceptors (Lipinski definition) is 3. The first kappa shape index (κ1) is 17.2. The van der Waals surface area contributed by atoms with E-state index in [1.807, 2.05) is 26.0 Å². The van der Waals surface area contributed by atoms with E-state index in [4.69, 9.17) is 4.74 Å². The molecule has 0 saturated carbocycles. The number of aliphatic hydroxyl groups is 1. The van der Waals surface area contributed by atoms with E-state index in [-0.39, 0.29) is 6.04 Å². The smallest absolute Gasteiger partial charge is 0.0940 e. The minimum absolute atomic E-state index is 0.0497. The monoisotopic (exact) mass is 279 g/mol. The van der Waals surface area contributed by atoms with Crippen LogP contribution in [0.15, 0.2) is 24.3 Å². The average Bonchev–Trinajstić information content (AvgIpc) is 2.47. The fraction of sp³-hybridized carbons (Fsp3) is 0.647. The van der Waals surface area contributed by atoms with Gasteiger partial charge in [-0.05, 0) is 44.4 Å². The molecule has 1 aromatic carbocycles. The number of nitrogens with one attached hydrogen (secondary N) is 1. The number of benzene rings is 1. The van der Waals surface area contributed by atoms with Crippen LogP contribution in [0.25, 0.3) is 0 Å². The third kappa shape index (κ3) is 6.04. The highest BCUT2D eigenvalue weighted by molar-refractivity contribution is 5.25. The topological polar surface area (TPSA) is 41.5 Å². The minimum atomic E-state index is -0.460. The lowest BCUT2D eigenvalue weighted by Crippen LogP contribution is -2.33. The van der Waals surface area contributed by atoms with Crippen molar-refractivity contribution < 1.29 is 9.84 Å². The molecule has 0 bridgehead atoms. The van der Waals surface area contributed by atoms with Crippen LogP contribution in [-0.2, 0) is 11.2 Å². The first-order valence-corrected chi connectivity index (χ1v) is 7.77. The zero-order valence-electron chi connectivity index (χ0n) is 13.1. The van der Waals surface area contributed by atoms with Gasteiger partial charge in [0.05, 0.1) is 6.10 Å². The Kier molecular flexibility index (Phi) is 8.51. The molecule has 0 radical (unpaired) electrons. The van der Waals surface area contributed by atoms with Gasteiger partial charge in [0.1, 0.15) is 0 Å². The van der Waals surface area contributed by atoms with E-state index in [1.165, 1.54) is 5.56 Å². The SMILES string of the molecule is CCCc1ccc(C(O)C(C)NCCCOCC)cc1. The predicted molar refractivity (Wildman–Crippen MR) is 84.0 cm³/mol. The van der Waals surface area contributed by atoms with Crippen molar-refractivity contribution in [2.45, 2.75) is 52.2 Å². The molecule has 20 heavy (non-hydrogen) atoms. The molecule has 0 heterocycles. The van der Waals surface area contributed by atoms with Crippen LogP contribution in [0, 0.1) is 0 Å². The summed E-state index contributed by atoms with van der Waals surface area (Å²) in [6.45, 7) is 8.61. The number of aliphatic hydroxyl groups excluding tert-OH is 1. The highest BCUT2D eigenvalue weighted by atomic mass is 16.5. The molecular formula is C17H29NO2. The summed E-state index contributed by atoms with van der Waals surface area (Å²) in [5.41, 5.74) is 2.32. The second kappa shape index (κ2) is 9.92. The van der Waals surface area contributed by atoms with Gasteiger partial charge < -0.3 is 15.2 Å². The van der Waals surface area contributed by atoms with E-state index in [1.54, 1.807) is 0 Å². The first-order chi connectivity index (χ1) is 9.69. The molecule has 2 unspecified atom stereocenters. The van der Waals surface area contributed by atoms with Crippen LogP contribution in [0.3, 0.4) is 0 Å². The van der Waals surface area contributed by atoms with Gasteiger partial charge in [-0.25, -0.2) is 0 Å². The van der Waals surface area contributed by atoms with E-state index in [0.29, 0.717) is 0 Å². The number of aryl methyl sites for hydroxylation is 1. The quantitative estimate of drug-likeness (QED) is 0.647. The lowest BCUT2D eigenvalue weighted by Gasteiger charge is -2.21. The van der Waals surface area contributed by atoms with Crippen LogP contribution in [0.2, 0.25) is 0 Å². The second-order valence-corrected chi connectivity index (χ2v) is 5.23. The van der Waals surface area contributed by atoms with Crippen molar-refractivity contribution in [3.05, 3.63) is 35.4 Å². The maximum Gasteiger partial charge on any atom is 0.0940 e. The summed E-state index contributed by atoms with van der Waals surface area (Å²) in [7, 11) is 0. The van der Waals surface area contributed by atoms with Crippen LogP contribution >= 0.6 is 0 Å². The molecule has 1 aromatic rings. The largest absolute Gasteiger partial charge is 0.387 e. The maximum absolute atomic E-state index is 10.3. The van der Waals surface area contributed by atoms with Gasteiger partial charge in [0, 0.05) is 19.3 Å². The first-order valence-electron chi connectivity index (χ1n) is 7.77. The summed E-state index contributed by atoms with van der Waals surface area (Å²) in [5.74, 6) is 0. The zero-order valence-corrected chi connectivity index (χ0v) is 13.1. The van der Waals surface area contributed by atoms with E-state index in [2.05, 4.69) is 24.4 Å². The Bertz CT molecular complexity index is 351. The van der Waals surface area contributed by atoms with Gasteiger partial charge in [-0.2, -0.15) is 0 Å². The molecule has 0 amide bonds. The fourth-order valence-corrected chi connectivity index (χ4v) is 2.22. The summed E-state index contributed by atoms with van der Waals surface area (Å²) in [6.07, 6.45) is 2.76. The molecule has 0 aromatic heterocycles. The van der Waals surface area contributed by atoms with E-state index in [9.17, 15) is 5.11 Å². The van der Waals surface area contributed by atoms with Crippen LogP contribution in [-0.4, -0.2) is 30.9 Å². The Hall–Kier alpha value is -0.900. The Balaban J connectivity index is 2.37. The summed E-state index contributed by atoms with van der Waals surface area (Å²) in [4.78, 5) is 0. The number of ether oxygens (including phenoxy) is 1. The third-order valence-corrected chi connectivity index (χ3v) is 3.47. The van der Waals surface area contributed by atoms with Crippen molar-refractivity contribution in [2.75, 3.05) is 19.8 Å². The molecule has 0 aliphatic carbocycles. The van der Waals surface area contributed by atoms with Gasteiger partial charge in [0.15, 0.2) is 0 Å². The molecule has 114 valence electrons. The minimum Gasteiger partial charge on any atom is -0.387 e. The van der Waals surface area contributed by atoms with E-state index < -0.39 is 6.10 Å². The summed E-state index contributed by atoms with van der Waals surface area (Å²) < 4.78 is 5.29. The van der Waals surface area contributed by atoms with Crippen LogP contribution in [0.4, 0.5) is 0 Å². The summed E-state index contributed by atoms with van der Waals surface area (Å²) in [5, 5.41) is 13.7. The van der Waals surface area contributed by atoms with Crippen molar-refractivity contribution in [3.63, 3.8) is 0 Å². The highest BCUT2D eigenvalue weighted by Crippen LogP contribution is 2.18. The lowest BCUT2D eigenvalue weighted by molar-refractivity contribution is 0.125. The van der Waals surface area contributed by atoms with Crippen LogP contribution in [0.1, 0.15) is 50.8 Å². The third-order valence-electron chi connectivity index (χ3n) is 3.47. The number of hydrogen-bond donors (Lipinski definition) is 2. The van der Waals surface area contributed by atoms with Crippen molar-refractivity contribution in [3.8, 4) is 0 Å². The van der Waals surface area contributed by atoms with Crippen molar-refractivity contribution in [1.82, 2.24) is 5.32 Å². The Morgan fingerprint density at radius 1 is 1.20 bits per heavy atom. The van der Waals surface area contributed by atoms with Crippen molar-refractivity contribution >= 4 is 0 Å². The van der Waals surface area contributed by atoms with Gasteiger partial charge in [-0.15, -0.1) is 0 Å². The average molecular weight is 279 g/mol. The van der Waals surface area contributed by atoms with Gasteiger partial charge in [-0.1, -0.05) is 37.6 Å². The lowest BCUT2D eigenvalue weighted by atomic mass is 10.0. The molecule has 3 heteroatoms. The summed E-state index contributed by atoms with van der Waals surface area (Å²) >= 11 is 0. The summed E-state index contributed by atoms with van der Waals surface area (Å²) in [6, 6.07) is 8.35. The standard InChI is InChI=1S/C17H29NO2/c1-4-7-15-8-10-16(11-9-15)17(19)14(3)18-12-6-13-20-5-2/h8-11,14,17-19H,4-7,12-13H2,1-3H3. The molecule has 0 fully saturated rings. The fourth-order valence-electron chi connectivity index (χ4n) is 2.22. The molecule has 3 nitrogen and oxygen atoms in total. The van der Waals surface area contributed by atoms with Crippen molar-refractivity contribution in [2.24, 2.45) is 0 Å². The molecule has 0 spiro atoms. The normalized spacial score (nSPS) is 14.2. The van der Waals surface area contributed by atoms with Gasteiger partial charge >= 0.3 is 0 Å². The van der Waals surface area contributed by atoms with Gasteiger partial charge in [-0.3, -0.25) is 0 Å². The molecular weight excluding hydrogens is 250 g/mol. The molecule has 1 rings (SSSR count). The molecule has 0 aliphatic heterocycles. The van der Waals surface area contributed by atoms with Gasteiger partial charge in [0.25, 0.3) is 0 Å². The van der Waals surface area contributed by atoms with Crippen LogP contribution < -0.4 is 5.32 Å². The van der Waals surface area contributed by atoms with E-state index in [0.717, 1.165) is 44.6 Å². The molecule has 2 N–H and O–H groups in total. The zero-order chi connectivity index (χ0) is 14.8. The molecule has 0 saturated heterocycles. The van der Waals surface area contributed by atoms with Gasteiger partial charge in [0.2, 0.25) is 0 Å². The van der Waals surface area contributed by atoms with Crippen LogP contribution in [0.5, 0.6) is 0 Å². The Morgan fingerprint density at radius 3 is 2.50 bits per heavy atom.